The molecule has 2 N–H and O–H groups in total. The summed E-state index contributed by atoms with van der Waals surface area (Å²) in [5.41, 5.74) is -1.24. The molecule has 1 fully saturated rings. The van der Waals surface area contributed by atoms with E-state index in [1.54, 1.807) is 12.0 Å². The van der Waals surface area contributed by atoms with Crippen molar-refractivity contribution in [3.8, 4) is 0 Å². The maximum Gasteiger partial charge on any atom is 0.255 e. The number of amides is 1. The summed E-state index contributed by atoms with van der Waals surface area (Å²) in [6.45, 7) is 6.11. The minimum Gasteiger partial charge on any atom is -0.383 e. The lowest BCUT2D eigenvalue weighted by Gasteiger charge is -2.38. The van der Waals surface area contributed by atoms with Gasteiger partial charge in [-0.3, -0.25) is 4.79 Å². The van der Waals surface area contributed by atoms with Crippen LogP contribution in [0.2, 0.25) is 0 Å². The molecule has 1 aliphatic heterocycles. The van der Waals surface area contributed by atoms with Gasteiger partial charge < -0.3 is 20.1 Å². The molecule has 1 saturated heterocycles. The lowest BCUT2D eigenvalue weighted by atomic mass is 9.91. The van der Waals surface area contributed by atoms with Gasteiger partial charge in [-0.2, -0.15) is 0 Å². The van der Waals surface area contributed by atoms with Crippen molar-refractivity contribution in [2.24, 2.45) is 0 Å². The first-order valence-corrected chi connectivity index (χ1v) is 6.23. The van der Waals surface area contributed by atoms with E-state index >= 15 is 0 Å². The number of carbonyl (C=O) groups is 1. The van der Waals surface area contributed by atoms with E-state index in [2.05, 4.69) is 5.32 Å². The zero-order chi connectivity index (χ0) is 12.9. The molecule has 0 spiro atoms. The molecular formula is C12H24N2O3. The molecular weight excluding hydrogens is 220 g/mol. The highest BCUT2D eigenvalue weighted by molar-refractivity contribution is 5.86. The van der Waals surface area contributed by atoms with Gasteiger partial charge in [0.25, 0.3) is 5.91 Å². The molecule has 5 nitrogen and oxygen atoms in total. The maximum atomic E-state index is 12.1. The lowest BCUT2D eigenvalue weighted by molar-refractivity contribution is -0.157. The normalized spacial score (nSPS) is 25.7. The number of likely N-dealkylation sites (tertiary alicyclic amines) is 1. The first-order chi connectivity index (χ1) is 7.99. The Labute approximate surface area is 103 Å². The number of piperidine rings is 1. The molecule has 0 aromatic rings. The Hall–Kier alpha value is -0.650. The SMILES string of the molecule is COCCN1CCC[C@](O)(CNC(C)C)C1=O. The highest BCUT2D eigenvalue weighted by atomic mass is 16.5. The zero-order valence-electron chi connectivity index (χ0n) is 11.0. The Bertz CT molecular complexity index is 258. The van der Waals surface area contributed by atoms with Crippen molar-refractivity contribution in [3.05, 3.63) is 0 Å². The number of nitrogens with one attached hydrogen (secondary N) is 1. The predicted molar refractivity (Wildman–Crippen MR) is 65.8 cm³/mol. The van der Waals surface area contributed by atoms with E-state index in [4.69, 9.17) is 4.74 Å². The molecule has 1 heterocycles. The van der Waals surface area contributed by atoms with Crippen molar-refractivity contribution in [2.45, 2.75) is 38.3 Å². The minimum atomic E-state index is -1.24. The summed E-state index contributed by atoms with van der Waals surface area (Å²) in [4.78, 5) is 13.8. The number of carbonyl (C=O) groups excluding carboxylic acids is 1. The molecule has 0 aromatic heterocycles. The summed E-state index contributed by atoms with van der Waals surface area (Å²) in [6, 6.07) is 0.265. The van der Waals surface area contributed by atoms with Gasteiger partial charge in [-0.05, 0) is 12.8 Å². The number of rotatable bonds is 6. The largest absolute Gasteiger partial charge is 0.383 e. The molecule has 0 aromatic carbocycles. The quantitative estimate of drug-likeness (QED) is 0.689. The summed E-state index contributed by atoms with van der Waals surface area (Å²) in [7, 11) is 1.61. The monoisotopic (exact) mass is 244 g/mol. The van der Waals surface area contributed by atoms with E-state index in [0.29, 0.717) is 32.7 Å². The number of aliphatic hydroxyl groups is 1. The number of ether oxygens (including phenoxy) is 1. The molecule has 1 amide bonds. The summed E-state index contributed by atoms with van der Waals surface area (Å²) in [5.74, 6) is -0.172. The third-order valence-corrected chi connectivity index (χ3v) is 3.07. The standard InChI is InChI=1S/C12H24N2O3/c1-10(2)13-9-12(16)5-4-6-14(11(12)15)7-8-17-3/h10,13,16H,4-9H2,1-3H3/t12-/m0/s1. The Kier molecular flexibility index (Phi) is 5.36. The van der Waals surface area contributed by atoms with Crippen molar-refractivity contribution >= 4 is 5.91 Å². The molecule has 0 aliphatic carbocycles. The molecule has 0 saturated carbocycles. The van der Waals surface area contributed by atoms with Crippen LogP contribution < -0.4 is 5.32 Å². The second kappa shape index (κ2) is 6.33. The summed E-state index contributed by atoms with van der Waals surface area (Å²) >= 11 is 0. The molecule has 1 atom stereocenters. The van der Waals surface area contributed by atoms with Crippen molar-refractivity contribution in [1.82, 2.24) is 10.2 Å². The zero-order valence-corrected chi connectivity index (χ0v) is 11.0. The van der Waals surface area contributed by atoms with Crippen LogP contribution >= 0.6 is 0 Å². The number of hydrogen-bond acceptors (Lipinski definition) is 4. The number of hydrogen-bond donors (Lipinski definition) is 2. The first kappa shape index (κ1) is 14.4. The second-order valence-electron chi connectivity index (χ2n) is 4.96. The molecule has 0 bridgehead atoms. The van der Waals surface area contributed by atoms with Gasteiger partial charge >= 0.3 is 0 Å². The highest BCUT2D eigenvalue weighted by Crippen LogP contribution is 2.22. The van der Waals surface area contributed by atoms with Gasteiger partial charge in [-0.15, -0.1) is 0 Å². The predicted octanol–water partition coefficient (Wildman–Crippen LogP) is -0.0157. The molecule has 0 unspecified atom stereocenters. The van der Waals surface area contributed by atoms with E-state index in [-0.39, 0.29) is 11.9 Å². The fourth-order valence-corrected chi connectivity index (χ4v) is 2.02. The van der Waals surface area contributed by atoms with E-state index in [9.17, 15) is 9.90 Å². The molecule has 5 heteroatoms. The smallest absolute Gasteiger partial charge is 0.255 e. The average molecular weight is 244 g/mol. The Morgan fingerprint density at radius 2 is 2.29 bits per heavy atom. The van der Waals surface area contributed by atoms with Crippen LogP contribution in [0.15, 0.2) is 0 Å². The number of nitrogens with zero attached hydrogens (tertiary/aromatic N) is 1. The fraction of sp³-hybridized carbons (Fsp3) is 0.917. The van der Waals surface area contributed by atoms with Crippen molar-refractivity contribution in [1.29, 1.82) is 0 Å². The van der Waals surface area contributed by atoms with Crippen LogP contribution in [0.1, 0.15) is 26.7 Å². The summed E-state index contributed by atoms with van der Waals surface area (Å²) in [6.07, 6.45) is 1.38. The van der Waals surface area contributed by atoms with Gasteiger partial charge in [0.15, 0.2) is 5.60 Å². The van der Waals surface area contributed by atoms with Gasteiger partial charge in [0.05, 0.1) is 6.61 Å². The van der Waals surface area contributed by atoms with Crippen LogP contribution in [0.3, 0.4) is 0 Å². The third-order valence-electron chi connectivity index (χ3n) is 3.07. The van der Waals surface area contributed by atoms with Crippen LogP contribution in [0.5, 0.6) is 0 Å². The van der Waals surface area contributed by atoms with E-state index in [1.165, 1.54) is 0 Å². The highest BCUT2D eigenvalue weighted by Gasteiger charge is 2.41. The Morgan fingerprint density at radius 3 is 2.88 bits per heavy atom. The van der Waals surface area contributed by atoms with Gasteiger partial charge in [0, 0.05) is 32.8 Å². The van der Waals surface area contributed by atoms with E-state index < -0.39 is 5.60 Å². The summed E-state index contributed by atoms with van der Waals surface area (Å²) in [5, 5.41) is 13.5. The van der Waals surface area contributed by atoms with Crippen molar-refractivity contribution < 1.29 is 14.6 Å². The van der Waals surface area contributed by atoms with Gasteiger partial charge in [-0.1, -0.05) is 13.8 Å². The van der Waals surface area contributed by atoms with Gasteiger partial charge in [0.2, 0.25) is 0 Å². The topological polar surface area (TPSA) is 61.8 Å². The summed E-state index contributed by atoms with van der Waals surface area (Å²) < 4.78 is 4.97. The fourth-order valence-electron chi connectivity index (χ4n) is 2.02. The average Bonchev–Trinajstić information content (AvgIpc) is 2.29. The van der Waals surface area contributed by atoms with E-state index in [0.717, 1.165) is 6.42 Å². The molecule has 1 rings (SSSR count). The van der Waals surface area contributed by atoms with Crippen molar-refractivity contribution in [2.75, 3.05) is 33.4 Å². The van der Waals surface area contributed by atoms with Crippen LogP contribution in [0.25, 0.3) is 0 Å². The third kappa shape index (κ3) is 3.94. The minimum absolute atomic E-state index is 0.172. The first-order valence-electron chi connectivity index (χ1n) is 6.23. The number of methoxy groups -OCH3 is 1. The van der Waals surface area contributed by atoms with Crippen LogP contribution in [0.4, 0.5) is 0 Å². The second-order valence-corrected chi connectivity index (χ2v) is 4.96. The molecule has 0 radical (unpaired) electrons. The van der Waals surface area contributed by atoms with Gasteiger partial charge in [-0.25, -0.2) is 0 Å². The van der Waals surface area contributed by atoms with Crippen LogP contribution in [0, 0.1) is 0 Å². The van der Waals surface area contributed by atoms with Crippen LogP contribution in [-0.2, 0) is 9.53 Å². The van der Waals surface area contributed by atoms with Gasteiger partial charge in [0.1, 0.15) is 0 Å². The Morgan fingerprint density at radius 1 is 1.59 bits per heavy atom. The maximum absolute atomic E-state index is 12.1. The Balaban J connectivity index is 2.56. The lowest BCUT2D eigenvalue weighted by Crippen LogP contribution is -2.59. The van der Waals surface area contributed by atoms with Crippen LogP contribution in [-0.4, -0.2) is 60.9 Å². The molecule has 1 aliphatic rings. The molecule has 100 valence electrons. The van der Waals surface area contributed by atoms with Crippen molar-refractivity contribution in [3.63, 3.8) is 0 Å². The molecule has 17 heavy (non-hydrogen) atoms. The van der Waals surface area contributed by atoms with E-state index in [1.807, 2.05) is 13.8 Å².